The number of rotatable bonds is 2. The average Bonchev–Trinajstić information content (AvgIpc) is 3.03. The molecule has 0 aliphatic heterocycles. The Bertz CT molecular complexity index is 701. The fourth-order valence-electron chi connectivity index (χ4n) is 8.25. The van der Waals surface area contributed by atoms with Crippen LogP contribution in [-0.2, 0) is 14.3 Å². The third-order valence-corrected chi connectivity index (χ3v) is 9.91. The second-order valence-electron chi connectivity index (χ2n) is 11.4. The third-order valence-electron chi connectivity index (χ3n) is 9.91. The van der Waals surface area contributed by atoms with E-state index in [-0.39, 0.29) is 23.4 Å². The fraction of sp³-hybridized carbons (Fsp3) is 0.852. The number of ether oxygens (including phenoxy) is 1. The number of allylic oxidation sites excluding steroid dienone is 1. The summed E-state index contributed by atoms with van der Waals surface area (Å²) < 4.78 is 6.33. The van der Waals surface area contributed by atoms with Gasteiger partial charge in [-0.05, 0) is 87.5 Å². The maximum absolute atomic E-state index is 13.1. The Kier molecular flexibility index (Phi) is 5.84. The Balaban J connectivity index is 1.27. The second kappa shape index (κ2) is 8.43. The van der Waals surface area contributed by atoms with Gasteiger partial charge in [-0.2, -0.15) is 0 Å². The molecule has 3 nitrogen and oxygen atoms in total. The minimum absolute atomic E-state index is 0.116. The van der Waals surface area contributed by atoms with Crippen molar-refractivity contribution in [3.05, 3.63) is 11.6 Å². The van der Waals surface area contributed by atoms with E-state index in [0.717, 1.165) is 50.4 Å². The summed E-state index contributed by atoms with van der Waals surface area (Å²) in [6, 6.07) is 0. The van der Waals surface area contributed by atoms with Crippen molar-refractivity contribution in [1.82, 2.24) is 0 Å². The zero-order valence-corrected chi connectivity index (χ0v) is 18.9. The van der Waals surface area contributed by atoms with E-state index in [9.17, 15) is 9.59 Å². The Labute approximate surface area is 182 Å². The van der Waals surface area contributed by atoms with E-state index in [4.69, 9.17) is 4.74 Å². The Morgan fingerprint density at radius 3 is 2.47 bits per heavy atom. The minimum Gasteiger partial charge on any atom is -0.462 e. The number of ketones is 1. The molecule has 4 fully saturated rings. The molecule has 4 saturated carbocycles. The van der Waals surface area contributed by atoms with E-state index in [1.165, 1.54) is 63.4 Å². The number of hydrogen-bond acceptors (Lipinski definition) is 3. The first-order valence-corrected chi connectivity index (χ1v) is 13.0. The predicted molar refractivity (Wildman–Crippen MR) is 118 cm³/mol. The number of carbonyl (C=O) groups is 2. The molecule has 0 saturated heterocycles. The third kappa shape index (κ3) is 3.69. The summed E-state index contributed by atoms with van der Waals surface area (Å²) in [6.07, 6.45) is 19.4. The number of carbonyl (C=O) groups excluding carboxylic acids is 2. The van der Waals surface area contributed by atoms with E-state index >= 15 is 0 Å². The monoisotopic (exact) mass is 412 g/mol. The highest BCUT2D eigenvalue weighted by Crippen LogP contribution is 2.62. The number of fused-ring (bicyclic) bond motifs is 5. The van der Waals surface area contributed by atoms with E-state index in [1.807, 2.05) is 6.08 Å². The first kappa shape index (κ1) is 20.8. The van der Waals surface area contributed by atoms with Crippen LogP contribution in [0.1, 0.15) is 103 Å². The highest BCUT2D eigenvalue weighted by atomic mass is 16.5. The highest BCUT2D eigenvalue weighted by Gasteiger charge is 2.57. The molecule has 5 aliphatic rings. The van der Waals surface area contributed by atoms with Gasteiger partial charge >= 0.3 is 5.97 Å². The summed E-state index contributed by atoms with van der Waals surface area (Å²) in [5.74, 6) is 3.49. The molecule has 0 unspecified atom stereocenters. The van der Waals surface area contributed by atoms with Gasteiger partial charge in [0.25, 0.3) is 0 Å². The van der Waals surface area contributed by atoms with Gasteiger partial charge < -0.3 is 4.74 Å². The molecule has 0 aromatic carbocycles. The lowest BCUT2D eigenvalue weighted by molar-refractivity contribution is -0.164. The maximum atomic E-state index is 13.1. The summed E-state index contributed by atoms with van der Waals surface area (Å²) in [4.78, 5) is 25.0. The molecule has 0 N–H and O–H groups in total. The summed E-state index contributed by atoms with van der Waals surface area (Å²) in [5.41, 5.74) is 1.63. The number of esters is 1. The SMILES string of the molecule is C[C@]12CC[C@H]3[C@@H](CCC4=CC(=O)CC[C@@H]43)[C@@H]1CC[C@@H]2OC(=O)C1CCCCCCC1. The topological polar surface area (TPSA) is 43.4 Å². The van der Waals surface area contributed by atoms with Crippen LogP contribution in [0.15, 0.2) is 11.6 Å². The van der Waals surface area contributed by atoms with E-state index in [1.54, 1.807) is 0 Å². The van der Waals surface area contributed by atoms with Crippen molar-refractivity contribution in [3.8, 4) is 0 Å². The van der Waals surface area contributed by atoms with Crippen molar-refractivity contribution in [3.63, 3.8) is 0 Å². The van der Waals surface area contributed by atoms with E-state index in [2.05, 4.69) is 6.92 Å². The van der Waals surface area contributed by atoms with Crippen LogP contribution in [0.3, 0.4) is 0 Å². The molecule has 0 amide bonds. The standard InChI is InChI=1S/C27H40O3/c1-27-16-15-22-21-12-10-20(28)17-19(21)9-11-23(22)24(27)13-14-25(27)30-26(29)18-7-5-3-2-4-6-8-18/h17-18,21-25H,2-16H2,1H3/t21-,22+,23+,24-,25-,27-/m0/s1. The van der Waals surface area contributed by atoms with Gasteiger partial charge in [0.05, 0.1) is 5.92 Å². The number of hydrogen-bond donors (Lipinski definition) is 0. The van der Waals surface area contributed by atoms with Gasteiger partial charge in [0.2, 0.25) is 0 Å². The Hall–Kier alpha value is -1.12. The normalized spacial score (nSPS) is 42.2. The van der Waals surface area contributed by atoms with Gasteiger partial charge in [0.1, 0.15) is 6.10 Å². The summed E-state index contributed by atoms with van der Waals surface area (Å²) in [6.45, 7) is 2.44. The fourth-order valence-corrected chi connectivity index (χ4v) is 8.25. The van der Waals surface area contributed by atoms with Crippen LogP contribution < -0.4 is 0 Å². The van der Waals surface area contributed by atoms with Crippen LogP contribution in [0, 0.1) is 35.0 Å². The van der Waals surface area contributed by atoms with Crippen molar-refractivity contribution in [2.24, 2.45) is 35.0 Å². The zero-order chi connectivity index (χ0) is 20.7. The molecule has 0 aromatic rings. The lowest BCUT2D eigenvalue weighted by atomic mass is 9.52. The predicted octanol–water partition coefficient (Wildman–Crippen LogP) is 6.40. The van der Waals surface area contributed by atoms with Crippen LogP contribution >= 0.6 is 0 Å². The van der Waals surface area contributed by atoms with E-state index < -0.39 is 0 Å². The van der Waals surface area contributed by atoms with Crippen LogP contribution in [-0.4, -0.2) is 17.9 Å². The summed E-state index contributed by atoms with van der Waals surface area (Å²) >= 11 is 0. The smallest absolute Gasteiger partial charge is 0.309 e. The Morgan fingerprint density at radius 1 is 0.900 bits per heavy atom. The molecule has 0 aromatic heterocycles. The van der Waals surface area contributed by atoms with Crippen molar-refractivity contribution < 1.29 is 14.3 Å². The van der Waals surface area contributed by atoms with Gasteiger partial charge in [-0.25, -0.2) is 0 Å². The lowest BCUT2D eigenvalue weighted by Gasteiger charge is -2.53. The van der Waals surface area contributed by atoms with Gasteiger partial charge in [-0.15, -0.1) is 0 Å². The Morgan fingerprint density at radius 2 is 1.67 bits per heavy atom. The van der Waals surface area contributed by atoms with Crippen molar-refractivity contribution in [1.29, 1.82) is 0 Å². The molecule has 5 aliphatic carbocycles. The highest BCUT2D eigenvalue weighted by molar-refractivity contribution is 5.91. The molecular formula is C27H40O3. The lowest BCUT2D eigenvalue weighted by Crippen LogP contribution is -2.48. The molecule has 30 heavy (non-hydrogen) atoms. The van der Waals surface area contributed by atoms with Gasteiger partial charge in [0, 0.05) is 11.8 Å². The first-order valence-electron chi connectivity index (χ1n) is 13.0. The molecule has 0 bridgehead atoms. The van der Waals surface area contributed by atoms with Crippen molar-refractivity contribution in [2.75, 3.05) is 0 Å². The minimum atomic E-state index is 0.116. The quantitative estimate of drug-likeness (QED) is 0.493. The van der Waals surface area contributed by atoms with Crippen molar-refractivity contribution in [2.45, 2.75) is 109 Å². The zero-order valence-electron chi connectivity index (χ0n) is 18.9. The van der Waals surface area contributed by atoms with E-state index in [0.29, 0.717) is 17.6 Å². The summed E-state index contributed by atoms with van der Waals surface area (Å²) in [7, 11) is 0. The molecule has 0 radical (unpaired) electrons. The second-order valence-corrected chi connectivity index (χ2v) is 11.4. The van der Waals surface area contributed by atoms with Crippen LogP contribution in [0.5, 0.6) is 0 Å². The van der Waals surface area contributed by atoms with Gasteiger partial charge in [-0.1, -0.05) is 44.6 Å². The molecule has 3 heteroatoms. The van der Waals surface area contributed by atoms with Crippen molar-refractivity contribution >= 4 is 11.8 Å². The van der Waals surface area contributed by atoms with Gasteiger partial charge in [-0.3, -0.25) is 9.59 Å². The molecule has 6 atom stereocenters. The van der Waals surface area contributed by atoms with Crippen LogP contribution in [0.2, 0.25) is 0 Å². The maximum Gasteiger partial charge on any atom is 0.309 e. The van der Waals surface area contributed by atoms with Crippen LogP contribution in [0.25, 0.3) is 0 Å². The molecule has 0 spiro atoms. The molecule has 5 rings (SSSR count). The van der Waals surface area contributed by atoms with Crippen LogP contribution in [0.4, 0.5) is 0 Å². The first-order chi connectivity index (χ1) is 14.6. The molecule has 166 valence electrons. The van der Waals surface area contributed by atoms with Gasteiger partial charge in [0.15, 0.2) is 5.78 Å². The average molecular weight is 413 g/mol. The summed E-state index contributed by atoms with van der Waals surface area (Å²) in [5, 5.41) is 0. The largest absolute Gasteiger partial charge is 0.462 e. The molecular weight excluding hydrogens is 372 g/mol. The molecule has 0 heterocycles.